The minimum Gasteiger partial charge on any atom is -0.345 e. The van der Waals surface area contributed by atoms with Gasteiger partial charge in [-0.1, -0.05) is 383 Å². The third kappa shape index (κ3) is 34.4. The second-order valence-electron chi connectivity index (χ2n) is 52.3. The lowest BCUT2D eigenvalue weighted by Gasteiger charge is -2.20. The smallest absolute Gasteiger partial charge is 0.229 e. The van der Waals surface area contributed by atoms with Crippen LogP contribution in [0.1, 0.15) is 416 Å². The molecule has 0 radical (unpaired) electrons. The molecular weight excluding hydrogens is 1690 g/mol. The van der Waals surface area contributed by atoms with Gasteiger partial charge in [-0.05, 0) is 153 Å². The first kappa shape index (κ1) is 114. The normalized spacial score (nSPS) is 12.7. The number of hydrogen-bond donors (Lipinski definition) is 8. The summed E-state index contributed by atoms with van der Waals surface area (Å²) in [6.45, 7) is 99.4. The number of carbonyl (C=O) groups is 1. The third-order valence-electron chi connectivity index (χ3n) is 23.2. The summed E-state index contributed by atoms with van der Waals surface area (Å²) in [4.78, 5) is 71.4. The van der Waals surface area contributed by atoms with E-state index < -0.39 is 0 Å². The van der Waals surface area contributed by atoms with Crippen molar-refractivity contribution in [3.63, 3.8) is 0 Å². The Balaban J connectivity index is 0.000000216. The first-order chi connectivity index (χ1) is 62.7. The molecule has 0 bridgehead atoms. The molecule has 0 fully saturated rings. The van der Waals surface area contributed by atoms with E-state index in [2.05, 4.69) is 511 Å². The molecule has 0 spiro atoms. The van der Waals surface area contributed by atoms with E-state index in [0.29, 0.717) is 11.8 Å². The number of carbonyl (C=O) groups excluding carboxylic acids is 1. The van der Waals surface area contributed by atoms with E-state index in [1.54, 1.807) is 6.20 Å². The summed E-state index contributed by atoms with van der Waals surface area (Å²) >= 11 is 0. The number of nitrogens with zero attached hydrogens (tertiary/aromatic N) is 8. The van der Waals surface area contributed by atoms with Crippen LogP contribution in [-0.2, 0) is 69.8 Å². The summed E-state index contributed by atoms with van der Waals surface area (Å²) < 4.78 is 0. The highest BCUT2D eigenvalue weighted by Gasteiger charge is 2.29. The average molecular weight is 1870 g/mol. The van der Waals surface area contributed by atoms with Crippen molar-refractivity contribution in [2.24, 2.45) is 10.8 Å². The fraction of sp³-hybridized carbons (Fsp3) is 0.512. The van der Waals surface area contributed by atoms with Gasteiger partial charge in [0.25, 0.3) is 0 Å². The summed E-state index contributed by atoms with van der Waals surface area (Å²) in [7, 11) is 0. The Bertz CT molecular complexity index is 6150. The van der Waals surface area contributed by atoms with Gasteiger partial charge in [0, 0.05) is 101 Å². The Morgan fingerprint density at radius 1 is 0.297 bits per heavy atom. The molecule has 8 N–H and O–H groups in total. The van der Waals surface area contributed by atoms with Gasteiger partial charge in [0.15, 0.2) is 0 Å². The number of fused-ring (bicyclic) bond motifs is 3. The fourth-order valence-electron chi connectivity index (χ4n) is 13.6. The Kier molecular flexibility index (Phi) is 36.0. The molecule has 14 aromatic rings. The van der Waals surface area contributed by atoms with Gasteiger partial charge in [-0.15, -0.1) is 0 Å². The number of benzene rings is 6. The molecule has 0 atom stereocenters. The van der Waals surface area contributed by atoms with Gasteiger partial charge in [0.2, 0.25) is 5.91 Å². The monoisotopic (exact) mass is 1870 g/mol. The number of anilines is 1. The minimum absolute atomic E-state index is 0.0347. The molecule has 0 aliphatic carbocycles. The molecule has 138 heavy (non-hydrogen) atoms. The maximum atomic E-state index is 11.8. The number of H-pyrrole nitrogens is 7. The van der Waals surface area contributed by atoms with Gasteiger partial charge in [-0.2, -0.15) is 0 Å². The van der Waals surface area contributed by atoms with E-state index >= 15 is 0 Å². The van der Waals surface area contributed by atoms with Crippen molar-refractivity contribution >= 4 is 44.4 Å². The van der Waals surface area contributed by atoms with Gasteiger partial charge < -0.3 is 40.2 Å². The van der Waals surface area contributed by atoms with E-state index in [1.165, 1.54) is 55.4 Å². The molecule has 0 aliphatic heterocycles. The van der Waals surface area contributed by atoms with Gasteiger partial charge in [0.05, 0.1) is 63.9 Å². The second-order valence-corrected chi connectivity index (χ2v) is 52.3. The number of hydrogen-bond acceptors (Lipinski definition) is 9. The van der Waals surface area contributed by atoms with Crippen molar-refractivity contribution in [1.29, 1.82) is 0 Å². The van der Waals surface area contributed by atoms with E-state index in [4.69, 9.17) is 0 Å². The number of amides is 1. The van der Waals surface area contributed by atoms with Gasteiger partial charge in [-0.3, -0.25) is 9.78 Å². The van der Waals surface area contributed by atoms with Crippen molar-refractivity contribution in [3.05, 3.63) is 256 Å². The molecule has 8 heterocycles. The number of aromatic amines is 7. The van der Waals surface area contributed by atoms with E-state index in [-0.39, 0.29) is 81.7 Å². The van der Waals surface area contributed by atoms with Crippen molar-refractivity contribution in [3.8, 4) is 45.6 Å². The molecule has 1 amide bonds. The highest BCUT2D eigenvalue weighted by molar-refractivity contribution is 5.94. The number of pyridine rings is 1. The topological polar surface area (TPSA) is 243 Å². The van der Waals surface area contributed by atoms with E-state index in [1.807, 2.05) is 63.9 Å². The van der Waals surface area contributed by atoms with Gasteiger partial charge >= 0.3 is 0 Å². The van der Waals surface area contributed by atoms with Gasteiger partial charge in [-0.25, -0.2) is 34.9 Å². The van der Waals surface area contributed by atoms with Crippen LogP contribution in [0.25, 0.3) is 66.6 Å². The molecule has 0 saturated heterocycles. The van der Waals surface area contributed by atoms with E-state index in [9.17, 15) is 4.79 Å². The molecule has 0 unspecified atom stereocenters. The maximum Gasteiger partial charge on any atom is 0.229 e. The van der Waals surface area contributed by atoms with Crippen LogP contribution in [0.3, 0.4) is 0 Å². The SMILES string of the molecule is CC(C)(C)C#Cc1cnc(C(C)(C)C)[nH]1.CC(C)(C)C(=O)Nc1ccc(C(C)(C)C)cc1.CC(C)(C)c1ccc(-c2cnc(C(C)(C)C)[nH]2)cc1.CC(C)(C)c1ccc(-c2cnc(C(C)(C)C)[nH]2)cn1.CC(C)(C)c1ccc2nc(C(C)(C)C)[nH]c2c1.CC(C)(C)c1cnc(C(C)(C)C)[nH]1.CC(C)c1ccc2nc(C(C)(C)C)[nH]c2c1.CC(C)c1ncc(-c2ccc3cc(C(C)(C)C)ccc3c2)[nH]1. The molecule has 746 valence electrons. The summed E-state index contributed by atoms with van der Waals surface area (Å²) in [5.74, 6) is 14.6. The maximum absolute atomic E-state index is 11.8. The van der Waals surface area contributed by atoms with Crippen LogP contribution < -0.4 is 5.32 Å². The zero-order valence-electron chi connectivity index (χ0n) is 93.8. The van der Waals surface area contributed by atoms with Crippen LogP contribution >= 0.6 is 0 Å². The summed E-state index contributed by atoms with van der Waals surface area (Å²) in [6.07, 6.45) is 11.4. The second kappa shape index (κ2) is 43.6. The number of aromatic nitrogens is 15. The van der Waals surface area contributed by atoms with Crippen LogP contribution in [-0.4, -0.2) is 80.7 Å². The van der Waals surface area contributed by atoms with Crippen molar-refractivity contribution in [1.82, 2.24) is 74.8 Å². The van der Waals surface area contributed by atoms with Crippen molar-refractivity contribution in [2.75, 3.05) is 5.32 Å². The predicted molar refractivity (Wildman–Crippen MR) is 590 cm³/mol. The molecule has 17 nitrogen and oxygen atoms in total. The Labute approximate surface area is 832 Å². The standard InChI is InChI=1S/C20H24N2.C17H24N2.C16H23N3.C15H22N2.C15H23NO.C14H20N2.C13H20N2.C11H20N2/c1-13(2)19-21-12-18(22-19)16-7-6-15-11-17(20(3,4)5)9-8-14(15)10-16;1-16(2,3)13-9-7-12(8-10-13)14-11-18-15(19-14)17(4,5)6;1-15(2,3)13-8-7-11(9-17-13)12-10-18-14(19-12)16(4,5)6;1-14(2,3)10-7-8-11-12(9-10)17-13(16-11)15(4,5)6;1-14(2,3)11-7-9-12(10-8-11)16-13(17)15(4,5)6;1-9(2)10-6-7-11-12(8-10)16-13(15-11)14(3,4)5;1-12(2,3)8-7-10-9-14-11(15-10)13(4,5)6;1-10(2,3)8-7-12-9(13-8)11(4,5)6/h6-13H,1-5H3,(H,21,22);7-11H,1-6H3,(H,18,19);7-10H,1-6H3,(H,18,19);7-9H,1-6H3,(H,16,17);7-10H,1-6H3,(H,16,17);6-9H,1-5H3,(H,15,16);9H,1-6H3,(H,14,15);7H,1-6H3,(H,12,13). The Hall–Kier alpha value is -11.3. The molecule has 17 heteroatoms. The zero-order valence-corrected chi connectivity index (χ0v) is 93.8. The highest BCUT2D eigenvalue weighted by atomic mass is 16.2. The highest BCUT2D eigenvalue weighted by Crippen LogP contribution is 2.36. The van der Waals surface area contributed by atoms with Gasteiger partial charge in [0.1, 0.15) is 46.5 Å². The lowest BCUT2D eigenvalue weighted by molar-refractivity contribution is -0.123. The number of imidazole rings is 7. The Morgan fingerprint density at radius 3 is 1.08 bits per heavy atom. The number of nitrogens with one attached hydrogen (secondary N) is 8. The number of rotatable bonds is 6. The largest absolute Gasteiger partial charge is 0.345 e. The van der Waals surface area contributed by atoms with Crippen molar-refractivity contribution < 1.29 is 4.79 Å². The first-order valence-electron chi connectivity index (χ1n) is 49.6. The minimum atomic E-state index is -0.358. The molecule has 0 saturated carbocycles. The average Bonchev–Trinajstić information content (AvgIpc) is 1.71. The van der Waals surface area contributed by atoms with Crippen molar-refractivity contribution in [2.45, 2.75) is 395 Å². The van der Waals surface area contributed by atoms with Crippen LogP contribution in [0.15, 0.2) is 171 Å². The lowest BCUT2D eigenvalue weighted by atomic mass is 9.86. The summed E-state index contributed by atoms with van der Waals surface area (Å²) in [5.41, 5.74) is 22.9. The fourth-order valence-corrected chi connectivity index (χ4v) is 13.6. The first-order valence-corrected chi connectivity index (χ1v) is 49.6. The zero-order chi connectivity index (χ0) is 104. The third-order valence-corrected chi connectivity index (χ3v) is 23.2. The van der Waals surface area contributed by atoms with Crippen LogP contribution in [0.2, 0.25) is 0 Å². The predicted octanol–water partition coefficient (Wildman–Crippen LogP) is 32.6. The molecule has 0 aliphatic rings. The van der Waals surface area contributed by atoms with Crippen LogP contribution in [0, 0.1) is 22.7 Å². The van der Waals surface area contributed by atoms with Crippen LogP contribution in [0.5, 0.6) is 0 Å². The van der Waals surface area contributed by atoms with Crippen LogP contribution in [0.4, 0.5) is 5.69 Å². The van der Waals surface area contributed by atoms with E-state index in [0.717, 1.165) is 103 Å². The molecule has 6 aromatic carbocycles. The quantitative estimate of drug-likeness (QED) is 0.0737. The Morgan fingerprint density at radius 2 is 0.681 bits per heavy atom. The molecule has 8 aromatic heterocycles. The molecular formula is C121H176N16O. The summed E-state index contributed by atoms with van der Waals surface area (Å²) in [5, 5.41) is 5.48. The summed E-state index contributed by atoms with van der Waals surface area (Å²) in [6, 6.07) is 47.4. The molecule has 14 rings (SSSR count). The lowest BCUT2D eigenvalue weighted by Crippen LogP contribution is -2.27.